The number of nitrogens with zero attached hydrogens (tertiary/aromatic N) is 1. The Morgan fingerprint density at radius 1 is 0.967 bits per heavy atom. The highest BCUT2D eigenvalue weighted by Crippen LogP contribution is 2.54. The van der Waals surface area contributed by atoms with Gasteiger partial charge in [-0.05, 0) is 19.9 Å². The van der Waals surface area contributed by atoms with E-state index in [1.165, 1.54) is 76.3 Å². The normalized spacial score (nSPS) is 27.4. The van der Waals surface area contributed by atoms with E-state index in [1.807, 2.05) is 0 Å². The van der Waals surface area contributed by atoms with Crippen LogP contribution in [0.3, 0.4) is 0 Å². The van der Waals surface area contributed by atoms with Crippen molar-refractivity contribution in [1.82, 2.24) is 4.90 Å². The monoisotopic (exact) mass is 834 g/mol. The molecule has 9 unspecified atom stereocenters. The van der Waals surface area contributed by atoms with E-state index in [0.717, 1.165) is 0 Å². The van der Waals surface area contributed by atoms with Crippen molar-refractivity contribution in [3.8, 4) is 23.0 Å². The van der Waals surface area contributed by atoms with Gasteiger partial charge < -0.3 is 54.3 Å². The number of carbonyl (C=O) groups is 4. The molecule has 5 rings (SSSR count). The largest absolute Gasteiger partial charge is 0.507 e. The highest BCUT2D eigenvalue weighted by atomic mass is 16.7. The standard InChI is InChI=1S/C45H58N2O13/c1-12-18-47(19-13-2)33(49)22-57-32-21-30-40(53)35-34(32)36-42(28(8)39(35)52)60-45(10,43(36)54)58-20-17-31(56-11)25(5)41(59-29(9)48)27(7)38(51)26(6)37(50)23(3)15-14-16-24(4)44(55)46-30/h12-17,20-21,23,25-27,31,37-38,41,50-53H,1-2,18-19,22H2,3-11H3,(H,46,55). The molecule has 0 aromatic heterocycles. The second-order valence-corrected chi connectivity index (χ2v) is 15.6. The highest BCUT2D eigenvalue weighted by Gasteiger charge is 2.49. The van der Waals surface area contributed by atoms with Gasteiger partial charge in [0.15, 0.2) is 12.4 Å². The number of esters is 1. The summed E-state index contributed by atoms with van der Waals surface area (Å²) in [4.78, 5) is 55.1. The number of aliphatic hydroxyl groups excluding tert-OH is 2. The lowest BCUT2D eigenvalue weighted by molar-refractivity contribution is -0.160. The Morgan fingerprint density at radius 3 is 2.22 bits per heavy atom. The van der Waals surface area contributed by atoms with Crippen LogP contribution in [-0.4, -0.2) is 106 Å². The van der Waals surface area contributed by atoms with Crippen molar-refractivity contribution in [2.24, 2.45) is 23.7 Å². The smallest absolute Gasteiger partial charge is 0.312 e. The molecule has 2 amide bonds. The molecule has 15 heteroatoms. The van der Waals surface area contributed by atoms with Gasteiger partial charge in [0.2, 0.25) is 0 Å². The molecule has 0 radical (unpaired) electrons. The third-order valence-electron chi connectivity index (χ3n) is 11.2. The van der Waals surface area contributed by atoms with Crippen molar-refractivity contribution in [1.29, 1.82) is 0 Å². The number of carbonyl (C=O) groups excluding carboxylic acids is 4. The maximum Gasteiger partial charge on any atom is 0.312 e. The molecule has 0 aliphatic carbocycles. The van der Waals surface area contributed by atoms with Gasteiger partial charge in [0.1, 0.15) is 23.4 Å². The number of aliphatic hydroxyl groups is 2. The van der Waals surface area contributed by atoms with Gasteiger partial charge >= 0.3 is 11.8 Å². The van der Waals surface area contributed by atoms with Crippen LogP contribution in [0, 0.1) is 30.6 Å². The molecule has 60 heavy (non-hydrogen) atoms. The number of phenolic OH excluding ortho intramolecular Hbond substituents is 2. The fraction of sp³-hybridized carbons (Fsp3) is 0.467. The lowest BCUT2D eigenvalue weighted by atomic mass is 9.78. The van der Waals surface area contributed by atoms with Crippen LogP contribution >= 0.6 is 0 Å². The third kappa shape index (κ3) is 9.69. The van der Waals surface area contributed by atoms with Gasteiger partial charge in [0, 0.05) is 80.3 Å². The number of Topliss-reactive ketones (excluding diaryl/α,β-unsaturated/α-hetero) is 1. The first-order chi connectivity index (χ1) is 28.2. The summed E-state index contributed by atoms with van der Waals surface area (Å²) in [7, 11) is 1.43. The number of rotatable bonds is 9. The lowest BCUT2D eigenvalue weighted by Crippen LogP contribution is -2.46. The van der Waals surface area contributed by atoms with Gasteiger partial charge in [0.05, 0.1) is 41.2 Å². The predicted molar refractivity (Wildman–Crippen MR) is 225 cm³/mol. The number of hydrogen-bond acceptors (Lipinski definition) is 13. The quantitative estimate of drug-likeness (QED) is 0.118. The van der Waals surface area contributed by atoms with Crippen LogP contribution in [0.15, 0.2) is 67.5 Å². The molecule has 0 saturated heterocycles. The summed E-state index contributed by atoms with van der Waals surface area (Å²) in [5.41, 5.74) is -0.0962. The summed E-state index contributed by atoms with van der Waals surface area (Å²) in [6, 6.07) is 1.24. The van der Waals surface area contributed by atoms with Crippen LogP contribution in [0.25, 0.3) is 10.8 Å². The van der Waals surface area contributed by atoms with Gasteiger partial charge in [0.25, 0.3) is 17.6 Å². The number of hydrogen-bond donors (Lipinski definition) is 5. The van der Waals surface area contributed by atoms with Gasteiger partial charge in [-0.25, -0.2) is 0 Å². The number of benzene rings is 2. The molecule has 3 heterocycles. The first kappa shape index (κ1) is 47.0. The Hall–Kier alpha value is -5.64. The molecule has 3 aliphatic rings. The minimum absolute atomic E-state index is 0.0588. The Kier molecular flexibility index (Phi) is 15.4. The van der Waals surface area contributed by atoms with Crippen LogP contribution in [0.2, 0.25) is 0 Å². The highest BCUT2D eigenvalue weighted by molar-refractivity contribution is 6.21. The van der Waals surface area contributed by atoms with Crippen molar-refractivity contribution < 1.29 is 63.3 Å². The molecule has 326 valence electrons. The van der Waals surface area contributed by atoms with Crippen LogP contribution in [0.1, 0.15) is 64.4 Å². The Morgan fingerprint density at radius 2 is 1.62 bits per heavy atom. The van der Waals surface area contributed by atoms with Crippen LogP contribution in [0.4, 0.5) is 5.69 Å². The van der Waals surface area contributed by atoms with E-state index in [4.69, 9.17) is 23.7 Å². The molecule has 0 saturated carbocycles. The van der Waals surface area contributed by atoms with Gasteiger partial charge in [-0.2, -0.15) is 0 Å². The van der Waals surface area contributed by atoms with Crippen molar-refractivity contribution >= 4 is 40.0 Å². The molecule has 2 aromatic carbocycles. The third-order valence-corrected chi connectivity index (χ3v) is 11.2. The average Bonchev–Trinajstić information content (AvgIpc) is 3.47. The summed E-state index contributed by atoms with van der Waals surface area (Å²) in [6.07, 6.45) is 6.58. The first-order valence-electron chi connectivity index (χ1n) is 19.7. The van der Waals surface area contributed by atoms with Gasteiger partial charge in [-0.15, -0.1) is 13.2 Å². The number of methoxy groups -OCH3 is 1. The van der Waals surface area contributed by atoms with E-state index < -0.39 is 95.5 Å². The van der Waals surface area contributed by atoms with Gasteiger partial charge in [-0.3, -0.25) is 19.2 Å². The first-order valence-corrected chi connectivity index (χ1v) is 19.7. The number of phenols is 2. The summed E-state index contributed by atoms with van der Waals surface area (Å²) in [5, 5.41) is 48.4. The molecule has 0 fully saturated rings. The fourth-order valence-electron chi connectivity index (χ4n) is 7.57. The summed E-state index contributed by atoms with van der Waals surface area (Å²) >= 11 is 0. The SMILES string of the molecule is C=CCN(CC=C)C(=O)COc1cc2c(O)c3c(O)c(C)c4c(c13)C(=O)C(C)(OC=CC(OC)C(C)C(OC(C)=O)C(C)C(O)C(C)C(O)C(C)C=CC=C(C)C(=O)N2)O4. The minimum Gasteiger partial charge on any atom is -0.507 e. The molecule has 15 nitrogen and oxygen atoms in total. The Balaban J connectivity index is 1.94. The van der Waals surface area contributed by atoms with Crippen LogP contribution in [0.5, 0.6) is 23.0 Å². The summed E-state index contributed by atoms with van der Waals surface area (Å²) in [6.45, 7) is 19.7. The second kappa shape index (κ2) is 19.6. The molecule has 3 aliphatic heterocycles. The molecule has 2 aromatic rings. The number of anilines is 1. The van der Waals surface area contributed by atoms with Crippen molar-refractivity contribution in [3.63, 3.8) is 0 Å². The molecule has 9 atom stereocenters. The fourth-order valence-corrected chi connectivity index (χ4v) is 7.57. The van der Waals surface area contributed by atoms with E-state index in [9.17, 15) is 39.6 Å². The van der Waals surface area contributed by atoms with Crippen molar-refractivity contribution in [3.05, 3.63) is 78.6 Å². The van der Waals surface area contributed by atoms with E-state index in [0.29, 0.717) is 0 Å². The van der Waals surface area contributed by atoms with E-state index in [1.54, 1.807) is 39.8 Å². The molecular formula is C45H58N2O13. The predicted octanol–water partition coefficient (Wildman–Crippen LogP) is 5.63. The maximum absolute atomic E-state index is 14.5. The van der Waals surface area contributed by atoms with E-state index in [-0.39, 0.29) is 57.7 Å². The lowest BCUT2D eigenvalue weighted by Gasteiger charge is -2.38. The minimum atomic E-state index is -2.05. The Labute approximate surface area is 350 Å². The maximum atomic E-state index is 14.5. The van der Waals surface area contributed by atoms with E-state index in [2.05, 4.69) is 18.5 Å². The average molecular weight is 835 g/mol. The summed E-state index contributed by atoms with van der Waals surface area (Å²) < 4.78 is 29.7. The topological polar surface area (TPSA) is 211 Å². The van der Waals surface area contributed by atoms with Crippen LogP contribution < -0.4 is 14.8 Å². The molecular weight excluding hydrogens is 776 g/mol. The van der Waals surface area contributed by atoms with Crippen LogP contribution in [-0.2, 0) is 28.6 Å². The van der Waals surface area contributed by atoms with E-state index >= 15 is 0 Å². The number of amides is 2. The number of nitrogens with one attached hydrogen (secondary N) is 1. The number of allylic oxidation sites excluding steroid dienone is 2. The zero-order chi connectivity index (χ0) is 44.8. The van der Waals surface area contributed by atoms with Crippen molar-refractivity contribution in [2.75, 3.05) is 32.1 Å². The zero-order valence-electron chi connectivity index (χ0n) is 35.7. The number of aromatic hydroxyl groups is 2. The molecule has 0 spiro atoms. The number of ether oxygens (including phenoxy) is 5. The zero-order valence-corrected chi connectivity index (χ0v) is 35.7. The molecule has 5 bridgehead atoms. The number of ketones is 1. The van der Waals surface area contributed by atoms with Gasteiger partial charge in [-0.1, -0.05) is 58.1 Å². The Bertz CT molecular complexity index is 2080. The summed E-state index contributed by atoms with van der Waals surface area (Å²) in [5.74, 6) is -8.34. The second-order valence-electron chi connectivity index (χ2n) is 15.6. The molecule has 5 N–H and O–H groups in total. The van der Waals surface area contributed by atoms with Crippen molar-refractivity contribution in [2.45, 2.75) is 85.6 Å². The number of fused-ring (bicyclic) bond motifs is 14.